The number of esters is 2. The topological polar surface area (TPSA) is 71.1 Å². The van der Waals surface area contributed by atoms with Gasteiger partial charge in [-0.2, -0.15) is 0 Å². The van der Waals surface area contributed by atoms with Crippen molar-refractivity contribution in [3.63, 3.8) is 0 Å². The minimum atomic E-state index is -0.258. The van der Waals surface area contributed by atoms with Crippen LogP contribution in [0.1, 0.15) is 34.1 Å². The maximum Gasteiger partial charge on any atom is 0.332 e. The van der Waals surface area contributed by atoms with Crippen molar-refractivity contribution in [3.05, 3.63) is 0 Å². The Labute approximate surface area is 109 Å². The van der Waals surface area contributed by atoms with Crippen molar-refractivity contribution in [2.75, 3.05) is 33.2 Å². The highest BCUT2D eigenvalue weighted by Gasteiger charge is 2.07. The Bertz CT molecular complexity index is 167. The molecule has 0 bridgehead atoms. The molecule has 0 aromatic carbocycles. The molecule has 0 amide bonds. The molecule has 108 valence electrons. The van der Waals surface area contributed by atoms with Crippen LogP contribution in [-0.2, 0) is 28.5 Å². The van der Waals surface area contributed by atoms with Gasteiger partial charge in [0.1, 0.15) is 13.2 Å². The van der Waals surface area contributed by atoms with Gasteiger partial charge in [0.25, 0.3) is 0 Å². The van der Waals surface area contributed by atoms with Crippen molar-refractivity contribution in [3.8, 4) is 0 Å². The molecule has 0 radical (unpaired) electrons. The summed E-state index contributed by atoms with van der Waals surface area (Å²) in [5.41, 5.74) is 0. The molecular formula is C12H24O6. The van der Waals surface area contributed by atoms with Gasteiger partial charge in [-0.15, -0.1) is 0 Å². The Morgan fingerprint density at radius 1 is 0.778 bits per heavy atom. The van der Waals surface area contributed by atoms with Crippen molar-refractivity contribution in [1.82, 2.24) is 0 Å². The Balaban J connectivity index is 0. The minimum absolute atomic E-state index is 0.125. The fourth-order valence-electron chi connectivity index (χ4n) is 0.806. The maximum atomic E-state index is 10.2. The largest absolute Gasteiger partial charge is 0.462 e. The molecule has 0 unspecified atom stereocenters. The van der Waals surface area contributed by atoms with Crippen molar-refractivity contribution in [1.29, 1.82) is 0 Å². The number of hydrogen-bond donors (Lipinski definition) is 0. The van der Waals surface area contributed by atoms with E-state index >= 15 is 0 Å². The number of ether oxygens (including phenoxy) is 4. The van der Waals surface area contributed by atoms with Crippen LogP contribution in [0.2, 0.25) is 0 Å². The average molecular weight is 264 g/mol. The van der Waals surface area contributed by atoms with Crippen LogP contribution >= 0.6 is 0 Å². The molecule has 2 saturated heterocycles. The second-order valence-corrected chi connectivity index (χ2v) is 2.57. The van der Waals surface area contributed by atoms with E-state index in [-0.39, 0.29) is 25.3 Å². The molecule has 2 aliphatic heterocycles. The fourth-order valence-corrected chi connectivity index (χ4v) is 0.806. The number of cyclic esters (lactones) is 2. The van der Waals surface area contributed by atoms with E-state index in [1.807, 2.05) is 27.7 Å². The second kappa shape index (κ2) is 15.9. The van der Waals surface area contributed by atoms with E-state index in [1.54, 1.807) is 0 Å². The van der Waals surface area contributed by atoms with Crippen LogP contribution in [0, 0.1) is 0 Å². The van der Waals surface area contributed by atoms with Gasteiger partial charge >= 0.3 is 11.9 Å². The minimum Gasteiger partial charge on any atom is -0.462 e. The second-order valence-electron chi connectivity index (χ2n) is 2.57. The van der Waals surface area contributed by atoms with E-state index in [2.05, 4.69) is 9.47 Å². The standard InChI is InChI=1S/2C4H6O3.2C2H6/c5-4-3-6-1-2-7-4;5-4-1-2-6-3-7-4;2*1-2/h2*1-3H2;2*1-2H3. The van der Waals surface area contributed by atoms with Crippen molar-refractivity contribution < 1.29 is 28.5 Å². The molecule has 18 heavy (non-hydrogen) atoms. The zero-order valence-electron chi connectivity index (χ0n) is 11.7. The molecule has 6 heteroatoms. The number of hydrogen-bond acceptors (Lipinski definition) is 6. The molecule has 2 aliphatic rings. The van der Waals surface area contributed by atoms with Gasteiger partial charge in [0.2, 0.25) is 0 Å². The molecule has 0 aromatic heterocycles. The molecule has 0 aliphatic carbocycles. The number of rotatable bonds is 0. The third-order valence-electron chi connectivity index (χ3n) is 1.46. The first kappa shape index (κ1) is 19.2. The molecule has 2 heterocycles. The molecule has 0 atom stereocenters. The summed E-state index contributed by atoms with van der Waals surface area (Å²) in [5, 5.41) is 0. The van der Waals surface area contributed by atoms with Crippen molar-refractivity contribution in [2.24, 2.45) is 0 Å². The molecule has 2 rings (SSSR count). The van der Waals surface area contributed by atoms with E-state index in [0.29, 0.717) is 26.2 Å². The van der Waals surface area contributed by atoms with Gasteiger partial charge in [0.05, 0.1) is 19.6 Å². The first-order valence-electron chi connectivity index (χ1n) is 6.26. The number of carbonyl (C=O) groups excluding carboxylic acids is 2. The fraction of sp³-hybridized carbons (Fsp3) is 0.833. The monoisotopic (exact) mass is 264 g/mol. The van der Waals surface area contributed by atoms with Gasteiger partial charge in [0.15, 0.2) is 6.79 Å². The molecule has 6 nitrogen and oxygen atoms in total. The first-order valence-corrected chi connectivity index (χ1v) is 6.26. The molecule has 0 aromatic rings. The summed E-state index contributed by atoms with van der Waals surface area (Å²) in [4.78, 5) is 20.3. The molecular weight excluding hydrogens is 240 g/mol. The molecule has 0 spiro atoms. The van der Waals surface area contributed by atoms with Crippen LogP contribution in [-0.4, -0.2) is 45.2 Å². The van der Waals surface area contributed by atoms with Crippen LogP contribution in [0.5, 0.6) is 0 Å². The normalized spacial score (nSPS) is 17.3. The summed E-state index contributed by atoms with van der Waals surface area (Å²) >= 11 is 0. The van der Waals surface area contributed by atoms with E-state index < -0.39 is 0 Å². The quantitative estimate of drug-likeness (QED) is 0.618. The van der Waals surface area contributed by atoms with Crippen LogP contribution in [0.4, 0.5) is 0 Å². The summed E-state index contributed by atoms with van der Waals surface area (Å²) in [5.74, 6) is -0.419. The third kappa shape index (κ3) is 12.9. The van der Waals surface area contributed by atoms with Gasteiger partial charge in [-0.3, -0.25) is 4.79 Å². The van der Waals surface area contributed by atoms with Crippen molar-refractivity contribution >= 4 is 11.9 Å². The average Bonchev–Trinajstić information content (AvgIpc) is 2.46. The highest BCUT2D eigenvalue weighted by molar-refractivity contribution is 5.71. The van der Waals surface area contributed by atoms with Gasteiger partial charge in [0, 0.05) is 0 Å². The van der Waals surface area contributed by atoms with Gasteiger partial charge in [-0.25, -0.2) is 4.79 Å². The van der Waals surface area contributed by atoms with Crippen LogP contribution in [0.25, 0.3) is 0 Å². The Morgan fingerprint density at radius 2 is 1.44 bits per heavy atom. The maximum absolute atomic E-state index is 10.2. The first-order chi connectivity index (χ1) is 8.79. The van der Waals surface area contributed by atoms with Gasteiger partial charge < -0.3 is 18.9 Å². The van der Waals surface area contributed by atoms with E-state index in [4.69, 9.17) is 9.47 Å². The summed E-state index contributed by atoms with van der Waals surface area (Å²) in [6, 6.07) is 0. The van der Waals surface area contributed by atoms with E-state index in [0.717, 1.165) is 0 Å². The van der Waals surface area contributed by atoms with E-state index in [1.165, 1.54) is 0 Å². The Morgan fingerprint density at radius 3 is 1.67 bits per heavy atom. The smallest absolute Gasteiger partial charge is 0.332 e. The van der Waals surface area contributed by atoms with Gasteiger partial charge in [-0.05, 0) is 0 Å². The lowest BCUT2D eigenvalue weighted by atomic mass is 10.5. The molecule has 2 fully saturated rings. The summed E-state index contributed by atoms with van der Waals surface area (Å²) in [7, 11) is 0. The van der Waals surface area contributed by atoms with Crippen molar-refractivity contribution in [2.45, 2.75) is 34.1 Å². The molecule has 0 saturated carbocycles. The predicted octanol–water partition coefficient (Wildman–Crippen LogP) is 1.52. The number of carbonyl (C=O) groups is 2. The summed E-state index contributed by atoms with van der Waals surface area (Å²) in [6.07, 6.45) is 0.403. The highest BCUT2D eigenvalue weighted by atomic mass is 16.7. The van der Waals surface area contributed by atoms with Gasteiger partial charge in [-0.1, -0.05) is 27.7 Å². The zero-order valence-corrected chi connectivity index (χ0v) is 11.7. The SMILES string of the molecule is CC.CC.O=C1CCOCO1.O=C1COCCO1. The van der Waals surface area contributed by atoms with Crippen LogP contribution in [0.15, 0.2) is 0 Å². The van der Waals surface area contributed by atoms with Crippen LogP contribution in [0.3, 0.4) is 0 Å². The Kier molecular flexibility index (Phi) is 16.9. The zero-order chi connectivity index (χ0) is 14.2. The highest BCUT2D eigenvalue weighted by Crippen LogP contribution is 1.94. The van der Waals surface area contributed by atoms with Crippen LogP contribution < -0.4 is 0 Å². The van der Waals surface area contributed by atoms with E-state index in [9.17, 15) is 9.59 Å². The lowest BCUT2D eigenvalue weighted by molar-refractivity contribution is -0.168. The lowest BCUT2D eigenvalue weighted by Gasteiger charge is -2.09. The summed E-state index contributed by atoms with van der Waals surface area (Å²) in [6.45, 7) is 9.74. The third-order valence-corrected chi connectivity index (χ3v) is 1.46. The predicted molar refractivity (Wildman–Crippen MR) is 66.0 cm³/mol. The summed E-state index contributed by atoms with van der Waals surface area (Å²) < 4.78 is 18.3. The molecule has 0 N–H and O–H groups in total. The Hall–Kier alpha value is -1.14. The lowest BCUT2D eigenvalue weighted by Crippen LogP contribution is -2.22.